The van der Waals surface area contributed by atoms with Crippen LogP contribution in [-0.4, -0.2) is 62.9 Å². The van der Waals surface area contributed by atoms with E-state index in [2.05, 4.69) is 39.9 Å². The van der Waals surface area contributed by atoms with E-state index in [1.54, 1.807) is 20.0 Å². The second-order valence-electron chi connectivity index (χ2n) is 9.69. The highest BCUT2D eigenvalue weighted by Crippen LogP contribution is 2.47. The molecule has 0 spiro atoms. The van der Waals surface area contributed by atoms with Crippen molar-refractivity contribution < 1.29 is 50.2 Å². The Morgan fingerprint density at radius 2 is 1.67 bits per heavy atom. The topological polar surface area (TPSA) is 272 Å². The molecule has 2 unspecified atom stereocenters. The van der Waals surface area contributed by atoms with Crippen LogP contribution in [0.4, 0.5) is 34.6 Å². The molecule has 0 radical (unpaired) electrons. The van der Waals surface area contributed by atoms with Gasteiger partial charge < -0.3 is 24.4 Å². The van der Waals surface area contributed by atoms with E-state index in [0.29, 0.717) is 17.7 Å². The molecule has 18 nitrogen and oxygen atoms in total. The van der Waals surface area contributed by atoms with Crippen LogP contribution >= 0.6 is 12.0 Å². The second kappa shape index (κ2) is 15.0. The van der Waals surface area contributed by atoms with Crippen LogP contribution in [0.1, 0.15) is 5.82 Å². The molecule has 5 rings (SSSR count). The fraction of sp³-hybridized carbons (Fsp3) is 0.0741. The van der Waals surface area contributed by atoms with Crippen molar-refractivity contribution in [2.45, 2.75) is 26.5 Å². The summed E-state index contributed by atoms with van der Waals surface area (Å²) in [7, 11) is -3.24. The number of phenols is 1. The van der Waals surface area contributed by atoms with Crippen LogP contribution in [0.2, 0.25) is 0 Å². The van der Waals surface area contributed by atoms with E-state index < -0.39 is 42.9 Å². The minimum absolute atomic E-state index is 0.00192. The molecule has 0 saturated carbocycles. The number of nitrogens with zero attached hydrogens (tertiary/aromatic N) is 6. The first-order chi connectivity index (χ1) is 23.2. The second-order valence-corrected chi connectivity index (χ2v) is 13.7. The van der Waals surface area contributed by atoms with Gasteiger partial charge in [0.1, 0.15) is 11.5 Å². The number of fused-ring (bicyclic) bond motifs is 1. The van der Waals surface area contributed by atoms with Gasteiger partial charge >= 0.3 is 0 Å². The molecule has 0 saturated heterocycles. The number of phenolic OH excluding ortho intramolecular Hbond substituents is 1. The maximum atomic E-state index is 12.3. The Morgan fingerprint density at radius 3 is 2.33 bits per heavy atom. The number of aromatic hydroxyl groups is 1. The highest BCUT2D eigenvalue weighted by atomic mass is 32.2. The zero-order valence-corrected chi connectivity index (χ0v) is 28.0. The van der Waals surface area contributed by atoms with Gasteiger partial charge in [-0.05, 0) is 95.1 Å². The maximum absolute atomic E-state index is 12.3. The molecular formula is C27H21N7O11S4-2. The maximum Gasteiger partial charge on any atom is 0.294 e. The first-order valence-corrected chi connectivity index (χ1v) is 17.6. The molecule has 4 N–H and O–H groups in total. The number of aromatic nitrogens is 3. The number of hydrogen-bond donors (Lipinski definition) is 4. The van der Waals surface area contributed by atoms with Crippen molar-refractivity contribution in [3.8, 4) is 5.75 Å². The van der Waals surface area contributed by atoms with Crippen molar-refractivity contribution in [1.29, 1.82) is 0 Å². The van der Waals surface area contributed by atoms with Crippen molar-refractivity contribution in [3.05, 3.63) is 72.6 Å². The summed E-state index contributed by atoms with van der Waals surface area (Å²) in [5, 5.41) is 34.9. The molecule has 22 heteroatoms. The molecule has 0 bridgehead atoms. The average Bonchev–Trinajstić information content (AvgIpc) is 3.06. The van der Waals surface area contributed by atoms with E-state index in [1.165, 1.54) is 53.4 Å². The minimum Gasteiger partial charge on any atom is -0.768 e. The highest BCUT2D eigenvalue weighted by molar-refractivity contribution is 7.94. The molecule has 0 aliphatic carbocycles. The van der Waals surface area contributed by atoms with Gasteiger partial charge in [0.2, 0.25) is 11.9 Å². The van der Waals surface area contributed by atoms with Gasteiger partial charge in [-0.15, -0.1) is 9.45 Å². The Kier molecular flexibility index (Phi) is 10.9. The molecule has 1 aromatic heterocycles. The van der Waals surface area contributed by atoms with Gasteiger partial charge in [0.15, 0.2) is 5.75 Å². The molecule has 5 aromatic rings. The number of anilines is 4. The summed E-state index contributed by atoms with van der Waals surface area (Å²) in [6, 6.07) is 14.6. The molecule has 1 heterocycles. The van der Waals surface area contributed by atoms with Crippen LogP contribution in [0.5, 0.6) is 5.75 Å². The van der Waals surface area contributed by atoms with E-state index in [0.717, 1.165) is 12.1 Å². The Morgan fingerprint density at radius 1 is 0.959 bits per heavy atom. The van der Waals surface area contributed by atoms with Crippen LogP contribution in [0.3, 0.4) is 0 Å². The van der Waals surface area contributed by atoms with Crippen molar-refractivity contribution in [3.63, 3.8) is 0 Å². The average molecular weight is 748 g/mol. The van der Waals surface area contributed by atoms with Crippen LogP contribution in [0.25, 0.3) is 10.8 Å². The SMILES string of the molecule is Cc1nc(Nc2cc(S(=O)(=O)O)cc3cc(SOOO)c(N=Nc4ccc(S(=O)[O-])cc4)c(O)c23)nc(N(C)c2cccc(S(=O)[O-])c2)n1. The zero-order valence-electron chi connectivity index (χ0n) is 24.8. The summed E-state index contributed by atoms with van der Waals surface area (Å²) in [5.74, 6) is -0.467. The van der Waals surface area contributed by atoms with Crippen LogP contribution in [-0.2, 0) is 41.7 Å². The van der Waals surface area contributed by atoms with Crippen molar-refractivity contribution in [2.75, 3.05) is 17.3 Å². The van der Waals surface area contributed by atoms with Gasteiger partial charge in [0, 0.05) is 27.9 Å². The largest absolute Gasteiger partial charge is 0.768 e. The molecule has 4 aromatic carbocycles. The lowest BCUT2D eigenvalue weighted by Crippen LogP contribution is -2.16. The molecule has 256 valence electrons. The van der Waals surface area contributed by atoms with Crippen LogP contribution in [0, 0.1) is 6.92 Å². The van der Waals surface area contributed by atoms with Gasteiger partial charge in [-0.2, -0.15) is 28.5 Å². The van der Waals surface area contributed by atoms with Gasteiger partial charge in [-0.1, -0.05) is 11.1 Å². The van der Waals surface area contributed by atoms with E-state index in [4.69, 9.17) is 5.26 Å². The fourth-order valence-corrected chi connectivity index (χ4v) is 6.16. The third-order valence-electron chi connectivity index (χ3n) is 6.55. The lowest BCUT2D eigenvalue weighted by atomic mass is 10.1. The fourth-order valence-electron chi connectivity index (χ4n) is 4.36. The molecular weight excluding hydrogens is 727 g/mol. The molecule has 2 atom stereocenters. The highest BCUT2D eigenvalue weighted by Gasteiger charge is 2.22. The van der Waals surface area contributed by atoms with E-state index in [-0.39, 0.29) is 60.2 Å². The molecule has 49 heavy (non-hydrogen) atoms. The van der Waals surface area contributed by atoms with E-state index in [9.17, 15) is 35.6 Å². The number of hydrogen-bond acceptors (Lipinski definition) is 18. The number of azo groups is 1. The number of benzene rings is 4. The molecule has 0 amide bonds. The predicted molar refractivity (Wildman–Crippen MR) is 173 cm³/mol. The Balaban J connectivity index is 1.64. The third-order valence-corrected chi connectivity index (χ3v) is 9.30. The Labute approximate surface area is 286 Å². The van der Waals surface area contributed by atoms with Gasteiger partial charge in [-0.3, -0.25) is 13.0 Å². The quantitative estimate of drug-likeness (QED) is 0.0322. The van der Waals surface area contributed by atoms with Gasteiger partial charge in [0.25, 0.3) is 10.1 Å². The number of aryl methyl sites for hydroxylation is 1. The zero-order chi connectivity index (χ0) is 35.5. The standard InChI is InChI=1S/C27H23N7O11S4/c1-14-28-26(31-27(29-14)34(2)17-4-3-5-19(12-17)48(39)40)30-21-13-20(49(41,42)43)10-15-11-22(46-45-44-36)24(25(35)23(15)21)33-32-16-6-8-18(9-7-16)47(37)38/h3-13,35-36H,1-2H3,(H,37,38)(H,39,40)(H,41,42,43)(H,28,29,30,31)/p-2. The van der Waals surface area contributed by atoms with Crippen molar-refractivity contribution >= 4 is 89.7 Å². The number of nitrogens with one attached hydrogen (secondary N) is 1. The minimum atomic E-state index is -4.82. The Hall–Kier alpha value is -4.49. The van der Waals surface area contributed by atoms with Crippen LogP contribution in [0.15, 0.2) is 96.5 Å². The lowest BCUT2D eigenvalue weighted by molar-refractivity contribution is -0.432. The summed E-state index contributed by atoms with van der Waals surface area (Å²) in [4.78, 5) is 13.8. The first kappa shape index (κ1) is 35.8. The smallest absolute Gasteiger partial charge is 0.294 e. The molecule has 0 aliphatic heterocycles. The summed E-state index contributed by atoms with van der Waals surface area (Å²) in [5.41, 5.74) is 0.227. The first-order valence-electron chi connectivity index (χ1n) is 13.2. The molecule has 0 fully saturated rings. The predicted octanol–water partition coefficient (Wildman–Crippen LogP) is 5.12. The van der Waals surface area contributed by atoms with Gasteiger partial charge in [-0.25, -0.2) is 5.26 Å². The third kappa shape index (κ3) is 8.39. The summed E-state index contributed by atoms with van der Waals surface area (Å²) in [6.07, 6.45) is 0. The molecule has 0 aliphatic rings. The monoisotopic (exact) mass is 747 g/mol. The van der Waals surface area contributed by atoms with Crippen molar-refractivity contribution in [1.82, 2.24) is 15.0 Å². The summed E-state index contributed by atoms with van der Waals surface area (Å²) >= 11 is -4.60. The van der Waals surface area contributed by atoms with Crippen molar-refractivity contribution in [2.24, 2.45) is 10.2 Å². The summed E-state index contributed by atoms with van der Waals surface area (Å²) < 4.78 is 84.3. The lowest BCUT2D eigenvalue weighted by Gasteiger charge is -2.20. The Bertz CT molecular complexity index is 2240. The summed E-state index contributed by atoms with van der Waals surface area (Å²) in [6.45, 7) is 1.55. The van der Waals surface area contributed by atoms with E-state index >= 15 is 0 Å². The normalized spacial score (nSPS) is 13.1. The number of rotatable bonds is 12. The van der Waals surface area contributed by atoms with Crippen LogP contribution < -0.4 is 10.2 Å². The van der Waals surface area contributed by atoms with E-state index in [1.807, 2.05) is 0 Å². The van der Waals surface area contributed by atoms with Gasteiger partial charge in [0.05, 0.1) is 33.2 Å².